The number of fused-ring (bicyclic) bond motifs is 1. The van der Waals surface area contributed by atoms with Gasteiger partial charge in [0.1, 0.15) is 0 Å². The van der Waals surface area contributed by atoms with Crippen molar-refractivity contribution in [3.05, 3.63) is 65.2 Å². The lowest BCUT2D eigenvalue weighted by atomic mass is 10.1. The molecule has 0 spiro atoms. The molecule has 6 heteroatoms. The van der Waals surface area contributed by atoms with Gasteiger partial charge in [-0.1, -0.05) is 17.2 Å². The second kappa shape index (κ2) is 7.00. The third kappa shape index (κ3) is 3.06. The molecule has 0 unspecified atom stereocenters. The second-order valence-corrected chi connectivity index (χ2v) is 6.26. The number of hydrogen-bond acceptors (Lipinski definition) is 5. The molecule has 1 aliphatic rings. The Labute approximate surface area is 151 Å². The fraction of sp³-hybridized carbons (Fsp3) is 0.250. The van der Waals surface area contributed by atoms with Crippen LogP contribution in [0.2, 0.25) is 0 Å². The highest BCUT2D eigenvalue weighted by molar-refractivity contribution is 6.21. The summed E-state index contributed by atoms with van der Waals surface area (Å²) in [5.41, 5.74) is 1.72. The molecule has 2 aromatic rings. The number of anilines is 1. The Morgan fingerprint density at radius 1 is 1.00 bits per heavy atom. The summed E-state index contributed by atoms with van der Waals surface area (Å²) in [5.74, 6) is -2.02. The number of amides is 2. The smallest absolute Gasteiger partial charge is 0.363 e. The second-order valence-electron chi connectivity index (χ2n) is 6.26. The van der Waals surface area contributed by atoms with E-state index in [9.17, 15) is 14.4 Å². The summed E-state index contributed by atoms with van der Waals surface area (Å²) in [7, 11) is 0. The van der Waals surface area contributed by atoms with Crippen LogP contribution in [0.15, 0.2) is 48.5 Å². The first-order valence-corrected chi connectivity index (χ1v) is 8.50. The number of benzene rings is 2. The zero-order valence-electron chi connectivity index (χ0n) is 14.9. The van der Waals surface area contributed by atoms with Crippen LogP contribution in [0.3, 0.4) is 0 Å². The molecular weight excluding hydrogens is 332 g/mol. The summed E-state index contributed by atoms with van der Waals surface area (Å²) in [6, 6.07) is 13.6. The van der Waals surface area contributed by atoms with Crippen molar-refractivity contribution < 1.29 is 19.2 Å². The third-order valence-corrected chi connectivity index (χ3v) is 4.33. The van der Waals surface area contributed by atoms with Crippen molar-refractivity contribution in [3.8, 4) is 0 Å². The van der Waals surface area contributed by atoms with E-state index in [0.29, 0.717) is 11.1 Å². The van der Waals surface area contributed by atoms with E-state index >= 15 is 0 Å². The third-order valence-electron chi connectivity index (χ3n) is 4.33. The molecule has 2 amide bonds. The maximum absolute atomic E-state index is 12.3. The van der Waals surface area contributed by atoms with Crippen LogP contribution < -0.4 is 4.90 Å². The van der Waals surface area contributed by atoms with Crippen molar-refractivity contribution in [2.75, 3.05) is 11.4 Å². The molecule has 2 aromatic carbocycles. The molecule has 1 aliphatic heterocycles. The number of hydroxylamine groups is 2. The lowest BCUT2D eigenvalue weighted by Gasteiger charge is -2.27. The molecule has 0 aliphatic carbocycles. The van der Waals surface area contributed by atoms with Crippen molar-refractivity contribution in [1.29, 1.82) is 0 Å². The van der Waals surface area contributed by atoms with Gasteiger partial charge < -0.3 is 9.74 Å². The van der Waals surface area contributed by atoms with Crippen LogP contribution in [0.1, 0.15) is 51.8 Å². The number of hydrogen-bond donors (Lipinski definition) is 0. The van der Waals surface area contributed by atoms with E-state index in [1.807, 2.05) is 12.1 Å². The first-order valence-electron chi connectivity index (χ1n) is 8.50. The van der Waals surface area contributed by atoms with E-state index in [0.717, 1.165) is 12.2 Å². The van der Waals surface area contributed by atoms with Crippen LogP contribution in [0, 0.1) is 0 Å². The van der Waals surface area contributed by atoms with Crippen LogP contribution in [0.25, 0.3) is 0 Å². The average molecular weight is 352 g/mol. The van der Waals surface area contributed by atoms with Crippen LogP contribution in [-0.2, 0) is 4.84 Å². The molecule has 1 heterocycles. The van der Waals surface area contributed by atoms with Gasteiger partial charge in [-0.3, -0.25) is 9.59 Å². The lowest BCUT2D eigenvalue weighted by molar-refractivity contribution is -0.0584. The molecule has 0 N–H and O–H groups in total. The van der Waals surface area contributed by atoms with Crippen LogP contribution in [0.4, 0.5) is 5.69 Å². The van der Waals surface area contributed by atoms with Crippen LogP contribution >= 0.6 is 0 Å². The Morgan fingerprint density at radius 3 is 2.00 bits per heavy atom. The fourth-order valence-corrected chi connectivity index (χ4v) is 3.02. The summed E-state index contributed by atoms with van der Waals surface area (Å²) in [4.78, 5) is 44.1. The molecule has 0 bridgehead atoms. The maximum atomic E-state index is 12.3. The highest BCUT2D eigenvalue weighted by Gasteiger charge is 2.38. The molecule has 0 saturated heterocycles. The molecule has 26 heavy (non-hydrogen) atoms. The predicted molar refractivity (Wildman–Crippen MR) is 97.0 cm³/mol. The summed E-state index contributed by atoms with van der Waals surface area (Å²) in [6.45, 7) is 7.09. The average Bonchev–Trinajstić information content (AvgIpc) is 2.88. The van der Waals surface area contributed by atoms with Crippen molar-refractivity contribution in [2.24, 2.45) is 0 Å². The summed E-state index contributed by atoms with van der Waals surface area (Å²) < 4.78 is 0. The van der Waals surface area contributed by atoms with Gasteiger partial charge in [0.25, 0.3) is 11.8 Å². The molecule has 134 valence electrons. The van der Waals surface area contributed by atoms with Crippen molar-refractivity contribution in [3.63, 3.8) is 0 Å². The van der Waals surface area contributed by atoms with Gasteiger partial charge in [-0.2, -0.15) is 0 Å². The van der Waals surface area contributed by atoms with E-state index in [1.54, 1.807) is 24.3 Å². The molecule has 0 atom stereocenters. The predicted octanol–water partition coefficient (Wildman–Crippen LogP) is 3.29. The number of rotatable bonds is 5. The van der Waals surface area contributed by atoms with E-state index in [2.05, 4.69) is 25.7 Å². The summed E-state index contributed by atoms with van der Waals surface area (Å²) in [5, 5.41) is 0.521. The van der Waals surface area contributed by atoms with Gasteiger partial charge in [0.05, 0.1) is 16.7 Å². The normalized spacial score (nSPS) is 13.2. The Hall–Kier alpha value is -3.15. The quantitative estimate of drug-likeness (QED) is 0.773. The van der Waals surface area contributed by atoms with Gasteiger partial charge in [-0.25, -0.2) is 4.79 Å². The Balaban J connectivity index is 1.75. The fourth-order valence-electron chi connectivity index (χ4n) is 3.02. The highest BCUT2D eigenvalue weighted by atomic mass is 16.7. The van der Waals surface area contributed by atoms with Crippen molar-refractivity contribution in [1.82, 2.24) is 5.06 Å². The largest absolute Gasteiger partial charge is 0.369 e. The molecule has 0 saturated carbocycles. The Bertz CT molecular complexity index is 823. The van der Waals surface area contributed by atoms with Gasteiger partial charge in [0.15, 0.2) is 0 Å². The molecule has 0 aromatic heterocycles. The van der Waals surface area contributed by atoms with Crippen LogP contribution in [0.5, 0.6) is 0 Å². The monoisotopic (exact) mass is 352 g/mol. The summed E-state index contributed by atoms with van der Waals surface area (Å²) in [6.07, 6.45) is 0. The zero-order valence-corrected chi connectivity index (χ0v) is 14.9. The number of carbonyl (C=O) groups excluding carboxylic acids is 3. The maximum Gasteiger partial charge on any atom is 0.363 e. The summed E-state index contributed by atoms with van der Waals surface area (Å²) >= 11 is 0. The number of nitrogens with zero attached hydrogens (tertiary/aromatic N) is 2. The lowest BCUT2D eigenvalue weighted by Crippen LogP contribution is -2.32. The number of carbonyl (C=O) groups is 3. The minimum Gasteiger partial charge on any atom is -0.369 e. The van der Waals surface area contributed by atoms with Gasteiger partial charge >= 0.3 is 5.97 Å². The first kappa shape index (κ1) is 17.7. The number of imide groups is 1. The van der Waals surface area contributed by atoms with E-state index in [4.69, 9.17) is 4.84 Å². The van der Waals surface area contributed by atoms with Gasteiger partial charge in [-0.15, -0.1) is 0 Å². The molecule has 6 nitrogen and oxygen atoms in total. The van der Waals surface area contributed by atoms with Crippen molar-refractivity contribution >= 4 is 23.5 Å². The molecule has 0 radical (unpaired) electrons. The minimum atomic E-state index is -0.751. The SMILES string of the molecule is CCN(c1ccc(C(=O)ON2C(=O)c3ccccc3C2=O)cc1)C(C)C. The van der Waals surface area contributed by atoms with Crippen molar-refractivity contribution in [2.45, 2.75) is 26.8 Å². The Morgan fingerprint density at radius 2 is 1.54 bits per heavy atom. The minimum absolute atomic E-state index is 0.233. The van der Waals surface area contributed by atoms with Gasteiger partial charge in [-0.05, 0) is 57.2 Å². The highest BCUT2D eigenvalue weighted by Crippen LogP contribution is 2.24. The molecular formula is C20H20N2O4. The Kier molecular flexibility index (Phi) is 4.75. The zero-order chi connectivity index (χ0) is 18.8. The molecule has 3 rings (SSSR count). The topological polar surface area (TPSA) is 66.9 Å². The molecule has 0 fully saturated rings. The van der Waals surface area contributed by atoms with Gasteiger partial charge in [0, 0.05) is 18.3 Å². The van der Waals surface area contributed by atoms with E-state index in [-0.39, 0.29) is 16.7 Å². The van der Waals surface area contributed by atoms with E-state index < -0.39 is 17.8 Å². The van der Waals surface area contributed by atoms with Gasteiger partial charge in [0.2, 0.25) is 0 Å². The standard InChI is InChI=1S/C20H20N2O4/c1-4-21(13(2)3)15-11-9-14(10-12-15)20(25)26-22-18(23)16-7-5-6-8-17(16)19(22)24/h5-13H,4H2,1-3H3. The van der Waals surface area contributed by atoms with E-state index in [1.165, 1.54) is 12.1 Å². The first-order chi connectivity index (χ1) is 12.4. The van der Waals surface area contributed by atoms with Crippen LogP contribution in [-0.4, -0.2) is 35.4 Å².